The highest BCUT2D eigenvalue weighted by atomic mass is 32.1. The Morgan fingerprint density at radius 1 is 1.15 bits per heavy atom. The van der Waals surface area contributed by atoms with Gasteiger partial charge in [-0.25, -0.2) is 0 Å². The molecule has 0 aliphatic heterocycles. The van der Waals surface area contributed by atoms with Crippen molar-refractivity contribution in [1.82, 2.24) is 4.98 Å². The number of hydrogen-bond donors (Lipinski definition) is 1. The van der Waals surface area contributed by atoms with Crippen molar-refractivity contribution in [3.63, 3.8) is 0 Å². The third kappa shape index (κ3) is 1.54. The van der Waals surface area contributed by atoms with Gasteiger partial charge in [0.2, 0.25) is 0 Å². The molecule has 0 amide bonds. The zero-order valence-electron chi connectivity index (χ0n) is 8.14. The molecule has 2 heteroatoms. The topological polar surface area (TPSA) is 15.8 Å². The summed E-state index contributed by atoms with van der Waals surface area (Å²) in [5.74, 6) is 0. The number of aromatic nitrogens is 1. The molecule has 0 saturated carbocycles. The van der Waals surface area contributed by atoms with Gasteiger partial charge in [0, 0.05) is 27.2 Å². The molecule has 1 N–H and O–H groups in total. The summed E-state index contributed by atoms with van der Waals surface area (Å²) >= 11 is 1.85. The summed E-state index contributed by atoms with van der Waals surface area (Å²) in [6.45, 7) is 6.43. The summed E-state index contributed by atoms with van der Waals surface area (Å²) in [5, 5.41) is 0. The molecule has 0 aromatic carbocycles. The molecule has 2 aromatic heterocycles. The highest BCUT2D eigenvalue weighted by molar-refractivity contribution is 7.12. The van der Waals surface area contributed by atoms with Gasteiger partial charge >= 0.3 is 0 Å². The minimum absolute atomic E-state index is 1.24. The molecule has 2 heterocycles. The summed E-state index contributed by atoms with van der Waals surface area (Å²) in [4.78, 5) is 6.05. The van der Waals surface area contributed by atoms with Crippen LogP contribution in [-0.2, 0) is 0 Å². The number of thiophene rings is 1. The van der Waals surface area contributed by atoms with Crippen LogP contribution >= 0.6 is 11.3 Å². The molecule has 13 heavy (non-hydrogen) atoms. The Morgan fingerprint density at radius 3 is 2.38 bits per heavy atom. The number of hydrogen-bond acceptors (Lipinski definition) is 1. The van der Waals surface area contributed by atoms with Crippen LogP contribution in [0.3, 0.4) is 0 Å². The molecule has 2 rings (SSSR count). The van der Waals surface area contributed by atoms with Crippen molar-refractivity contribution in [2.75, 3.05) is 0 Å². The Balaban J connectivity index is 2.51. The molecule has 0 spiro atoms. The lowest BCUT2D eigenvalue weighted by molar-refractivity contribution is 1.38. The van der Waals surface area contributed by atoms with E-state index in [9.17, 15) is 0 Å². The predicted octanol–water partition coefficient (Wildman–Crippen LogP) is 3.67. The van der Waals surface area contributed by atoms with Crippen molar-refractivity contribution < 1.29 is 0 Å². The summed E-state index contributed by atoms with van der Waals surface area (Å²) in [5.41, 5.74) is 3.87. The van der Waals surface area contributed by atoms with Gasteiger partial charge in [-0.05, 0) is 38.5 Å². The standard InChI is InChI=1S/C11H13NS/c1-7-4-11(12-6-7)10-5-8(2)13-9(10)3/h4-6,12H,1-3H3. The summed E-state index contributed by atoms with van der Waals surface area (Å²) in [6, 6.07) is 4.43. The Bertz CT molecular complexity index is 423. The van der Waals surface area contributed by atoms with Crippen molar-refractivity contribution in [3.8, 4) is 11.3 Å². The summed E-state index contributed by atoms with van der Waals surface area (Å²) < 4.78 is 0. The van der Waals surface area contributed by atoms with Crippen molar-refractivity contribution >= 4 is 11.3 Å². The third-order valence-electron chi connectivity index (χ3n) is 2.16. The molecule has 0 atom stereocenters. The molecule has 0 fully saturated rings. The minimum atomic E-state index is 1.24. The molecule has 0 aliphatic carbocycles. The number of rotatable bonds is 1. The van der Waals surface area contributed by atoms with E-state index in [0.717, 1.165) is 0 Å². The molecule has 0 bridgehead atoms. The molecule has 0 aliphatic rings. The van der Waals surface area contributed by atoms with Crippen molar-refractivity contribution in [1.29, 1.82) is 0 Å². The Kier molecular flexibility index (Phi) is 2.00. The average Bonchev–Trinajstić information content (AvgIpc) is 2.58. The van der Waals surface area contributed by atoms with E-state index in [-0.39, 0.29) is 0 Å². The maximum atomic E-state index is 3.28. The molecule has 2 aromatic rings. The number of H-pyrrole nitrogens is 1. The van der Waals surface area contributed by atoms with Crippen molar-refractivity contribution in [3.05, 3.63) is 33.6 Å². The summed E-state index contributed by atoms with van der Waals surface area (Å²) in [7, 11) is 0. The molecular formula is C11H13NS. The second-order valence-corrected chi connectivity index (χ2v) is 4.88. The van der Waals surface area contributed by atoms with E-state index in [4.69, 9.17) is 0 Å². The molecule has 0 radical (unpaired) electrons. The lowest BCUT2D eigenvalue weighted by Gasteiger charge is -1.93. The first-order chi connectivity index (χ1) is 6.16. The zero-order valence-corrected chi connectivity index (χ0v) is 8.96. The Labute approximate surface area is 82.4 Å². The average molecular weight is 191 g/mol. The van der Waals surface area contributed by atoms with E-state index < -0.39 is 0 Å². The first kappa shape index (κ1) is 8.57. The fourth-order valence-electron chi connectivity index (χ4n) is 1.56. The van der Waals surface area contributed by atoms with Crippen LogP contribution < -0.4 is 0 Å². The fourth-order valence-corrected chi connectivity index (χ4v) is 2.49. The quantitative estimate of drug-likeness (QED) is 0.708. The second-order valence-electron chi connectivity index (χ2n) is 3.42. The zero-order chi connectivity index (χ0) is 9.42. The van der Waals surface area contributed by atoms with Gasteiger partial charge in [0.1, 0.15) is 0 Å². The van der Waals surface area contributed by atoms with Gasteiger partial charge in [-0.3, -0.25) is 0 Å². The van der Waals surface area contributed by atoms with Crippen molar-refractivity contribution in [2.24, 2.45) is 0 Å². The lowest BCUT2D eigenvalue weighted by atomic mass is 10.2. The minimum Gasteiger partial charge on any atom is -0.361 e. The second kappa shape index (κ2) is 3.04. The van der Waals surface area contributed by atoms with E-state index in [1.54, 1.807) is 0 Å². The van der Waals surface area contributed by atoms with Crippen molar-refractivity contribution in [2.45, 2.75) is 20.8 Å². The smallest absolute Gasteiger partial charge is 0.0467 e. The van der Waals surface area contributed by atoms with E-state index in [0.29, 0.717) is 0 Å². The van der Waals surface area contributed by atoms with Gasteiger partial charge in [0.15, 0.2) is 0 Å². The first-order valence-electron chi connectivity index (χ1n) is 4.39. The Hall–Kier alpha value is -1.02. The van der Waals surface area contributed by atoms with Gasteiger partial charge in [-0.2, -0.15) is 0 Å². The number of aromatic amines is 1. The molecule has 0 saturated heterocycles. The van der Waals surface area contributed by atoms with Crippen LogP contribution in [0, 0.1) is 20.8 Å². The van der Waals surface area contributed by atoms with Crippen LogP contribution in [0.4, 0.5) is 0 Å². The highest BCUT2D eigenvalue weighted by Gasteiger charge is 2.06. The SMILES string of the molecule is Cc1c[nH]c(-c2cc(C)sc2C)c1. The van der Waals surface area contributed by atoms with E-state index >= 15 is 0 Å². The maximum Gasteiger partial charge on any atom is 0.0467 e. The van der Waals surface area contributed by atoms with Crippen LogP contribution in [0.15, 0.2) is 18.3 Å². The van der Waals surface area contributed by atoms with Gasteiger partial charge in [-0.1, -0.05) is 0 Å². The first-order valence-corrected chi connectivity index (χ1v) is 5.21. The molecule has 68 valence electrons. The monoisotopic (exact) mass is 191 g/mol. The van der Waals surface area contributed by atoms with Gasteiger partial charge in [-0.15, -0.1) is 11.3 Å². The molecule has 0 unspecified atom stereocenters. The number of nitrogens with one attached hydrogen (secondary N) is 1. The van der Waals surface area contributed by atoms with Crippen LogP contribution in [-0.4, -0.2) is 4.98 Å². The third-order valence-corrected chi connectivity index (χ3v) is 3.12. The predicted molar refractivity (Wildman–Crippen MR) is 58.3 cm³/mol. The van der Waals surface area contributed by atoms with Crippen LogP contribution in [0.1, 0.15) is 15.3 Å². The van der Waals surface area contributed by atoms with Crippen LogP contribution in [0.5, 0.6) is 0 Å². The molecule has 1 nitrogen and oxygen atoms in total. The fraction of sp³-hybridized carbons (Fsp3) is 0.273. The highest BCUT2D eigenvalue weighted by Crippen LogP contribution is 2.29. The van der Waals surface area contributed by atoms with Crippen LogP contribution in [0.25, 0.3) is 11.3 Å². The lowest BCUT2D eigenvalue weighted by Crippen LogP contribution is -1.73. The Morgan fingerprint density at radius 2 is 1.92 bits per heavy atom. The maximum absolute atomic E-state index is 3.28. The largest absolute Gasteiger partial charge is 0.361 e. The van der Waals surface area contributed by atoms with Gasteiger partial charge in [0.05, 0.1) is 0 Å². The van der Waals surface area contributed by atoms with E-state index in [2.05, 4.69) is 37.9 Å². The van der Waals surface area contributed by atoms with Crippen LogP contribution in [0.2, 0.25) is 0 Å². The normalized spacial score (nSPS) is 10.7. The molecular weight excluding hydrogens is 178 g/mol. The van der Waals surface area contributed by atoms with E-state index in [1.165, 1.54) is 26.6 Å². The van der Waals surface area contributed by atoms with Gasteiger partial charge < -0.3 is 4.98 Å². The summed E-state index contributed by atoms with van der Waals surface area (Å²) in [6.07, 6.45) is 2.04. The van der Waals surface area contributed by atoms with Gasteiger partial charge in [0.25, 0.3) is 0 Å². The number of aryl methyl sites for hydroxylation is 3. The van der Waals surface area contributed by atoms with E-state index in [1.807, 2.05) is 17.5 Å².